The van der Waals surface area contributed by atoms with E-state index in [4.69, 9.17) is 21.1 Å². The van der Waals surface area contributed by atoms with E-state index >= 15 is 8.78 Å². The van der Waals surface area contributed by atoms with Crippen molar-refractivity contribution in [2.45, 2.75) is 24.9 Å². The monoisotopic (exact) mass is 570 g/mol. The van der Waals surface area contributed by atoms with E-state index in [-0.39, 0.29) is 37.2 Å². The Labute approximate surface area is 234 Å². The van der Waals surface area contributed by atoms with Gasteiger partial charge in [-0.25, -0.2) is 14.9 Å². The Kier molecular flexibility index (Phi) is 8.04. The molecule has 1 aliphatic rings. The van der Waals surface area contributed by atoms with Crippen molar-refractivity contribution in [1.29, 1.82) is 0 Å². The molecule has 0 aliphatic carbocycles. The number of likely N-dealkylation sites (tertiary alicyclic amines) is 1. The summed E-state index contributed by atoms with van der Waals surface area (Å²) < 4.78 is 40.9. The largest absolute Gasteiger partial charge is 0.497 e. The first-order chi connectivity index (χ1) is 19.3. The Balaban J connectivity index is 1.27. The Morgan fingerprint density at radius 1 is 1.12 bits per heavy atom. The van der Waals surface area contributed by atoms with Crippen molar-refractivity contribution < 1.29 is 23.0 Å². The summed E-state index contributed by atoms with van der Waals surface area (Å²) in [5.74, 6) is 1.45. The zero-order valence-corrected chi connectivity index (χ0v) is 22.8. The van der Waals surface area contributed by atoms with E-state index < -0.39 is 6.05 Å². The third kappa shape index (κ3) is 5.80. The number of likely N-dealkylation sites (N-methyl/N-ethyl adjacent to an activating group) is 1. The molecule has 0 saturated carbocycles. The Hall–Kier alpha value is -3.96. The molecular formula is C28H29ClF2N6O3. The average Bonchev–Trinajstić information content (AvgIpc) is 3.42. The number of rotatable bonds is 9. The minimum absolute atomic E-state index is 0.0605. The van der Waals surface area contributed by atoms with E-state index in [1.807, 2.05) is 12.1 Å². The van der Waals surface area contributed by atoms with Crippen molar-refractivity contribution in [2.24, 2.45) is 0 Å². The van der Waals surface area contributed by atoms with E-state index in [2.05, 4.69) is 25.6 Å². The number of aromatic nitrogens is 3. The number of pyridine rings is 1. The lowest BCUT2D eigenvalue weighted by Crippen LogP contribution is -2.47. The number of fused-ring (bicyclic) bond motifs is 1. The number of aromatic amines is 1. The Morgan fingerprint density at radius 3 is 2.45 bits per heavy atom. The number of imidazole rings is 1. The first-order valence-corrected chi connectivity index (χ1v) is 13.2. The number of alkyl halides is 2. The second kappa shape index (κ2) is 11.6. The number of H-pyrrole nitrogens is 1. The lowest BCUT2D eigenvalue weighted by atomic mass is 10.0. The number of nitrogens with zero attached hydrogens (tertiary/aromatic N) is 3. The lowest BCUT2D eigenvalue weighted by molar-refractivity contribution is -0.162. The summed E-state index contributed by atoms with van der Waals surface area (Å²) in [5.41, 5.74) is 2.48. The number of piperidine rings is 1. The highest BCUT2D eigenvalue weighted by Crippen LogP contribution is 2.37. The van der Waals surface area contributed by atoms with Crippen LogP contribution in [0.15, 0.2) is 54.7 Å². The molecule has 3 heterocycles. The van der Waals surface area contributed by atoms with Crippen LogP contribution >= 0.6 is 11.6 Å². The van der Waals surface area contributed by atoms with Crippen molar-refractivity contribution in [1.82, 2.24) is 25.2 Å². The van der Waals surface area contributed by atoms with Crippen LogP contribution in [0.1, 0.15) is 18.4 Å². The van der Waals surface area contributed by atoms with Crippen LogP contribution in [-0.4, -0.2) is 65.7 Å². The van der Waals surface area contributed by atoms with Crippen LogP contribution in [0.25, 0.3) is 22.6 Å². The van der Waals surface area contributed by atoms with Gasteiger partial charge in [-0.1, -0.05) is 11.6 Å². The van der Waals surface area contributed by atoms with Gasteiger partial charge in [-0.05, 0) is 61.4 Å². The van der Waals surface area contributed by atoms with Crippen molar-refractivity contribution in [2.75, 3.05) is 39.2 Å². The minimum Gasteiger partial charge on any atom is -0.497 e. The van der Waals surface area contributed by atoms with Crippen molar-refractivity contribution in [3.8, 4) is 22.9 Å². The van der Waals surface area contributed by atoms with Crippen molar-refractivity contribution in [3.63, 3.8) is 0 Å². The van der Waals surface area contributed by atoms with Gasteiger partial charge in [0.25, 0.3) is 5.91 Å². The molecule has 1 aliphatic heterocycles. The van der Waals surface area contributed by atoms with E-state index in [1.165, 1.54) is 30.3 Å². The molecule has 12 heteroatoms. The molecule has 40 heavy (non-hydrogen) atoms. The highest BCUT2D eigenvalue weighted by atomic mass is 35.5. The van der Waals surface area contributed by atoms with E-state index in [0.717, 1.165) is 5.56 Å². The quantitative estimate of drug-likeness (QED) is 0.242. The maximum atomic E-state index is 15.2. The van der Waals surface area contributed by atoms with Crippen LogP contribution in [0.4, 0.5) is 14.5 Å². The van der Waals surface area contributed by atoms with Crippen LogP contribution in [0.3, 0.4) is 0 Å². The predicted molar refractivity (Wildman–Crippen MR) is 149 cm³/mol. The summed E-state index contributed by atoms with van der Waals surface area (Å²) in [5, 5.41) is 6.35. The minimum atomic E-state index is -3.08. The highest BCUT2D eigenvalue weighted by Gasteiger charge is 2.41. The van der Waals surface area contributed by atoms with Gasteiger partial charge in [0.2, 0.25) is 0 Å². The molecule has 1 amide bonds. The van der Waals surface area contributed by atoms with Gasteiger partial charge in [-0.3, -0.25) is 4.79 Å². The number of ether oxygens (including phenoxy) is 2. The van der Waals surface area contributed by atoms with Gasteiger partial charge >= 0.3 is 6.05 Å². The third-order valence-electron chi connectivity index (χ3n) is 6.93. The number of hydrogen-bond acceptors (Lipinski definition) is 7. The predicted octanol–water partition coefficient (Wildman–Crippen LogP) is 5.04. The summed E-state index contributed by atoms with van der Waals surface area (Å²) in [4.78, 5) is 24.8. The molecule has 1 fully saturated rings. The number of amides is 1. The molecule has 0 bridgehead atoms. The molecule has 0 unspecified atom stereocenters. The number of hydrogen-bond donors (Lipinski definition) is 3. The normalized spacial score (nSPS) is 14.7. The average molecular weight is 571 g/mol. The molecule has 3 N–H and O–H groups in total. The molecule has 5 rings (SSSR count). The molecule has 4 aromatic rings. The maximum Gasteiger partial charge on any atom is 0.331 e. The lowest BCUT2D eigenvalue weighted by Gasteiger charge is -2.37. The Bertz CT molecular complexity index is 1470. The van der Waals surface area contributed by atoms with Gasteiger partial charge < -0.3 is 25.1 Å². The van der Waals surface area contributed by atoms with E-state index in [9.17, 15) is 4.79 Å². The number of carbonyl (C=O) groups excluding carboxylic acids is 1. The van der Waals surface area contributed by atoms with E-state index in [1.54, 1.807) is 31.3 Å². The summed E-state index contributed by atoms with van der Waals surface area (Å²) in [6.07, 6.45) is 2.54. The summed E-state index contributed by atoms with van der Waals surface area (Å²) in [7, 11) is 3.05. The van der Waals surface area contributed by atoms with Gasteiger partial charge in [-0.2, -0.15) is 8.78 Å². The van der Waals surface area contributed by atoms with Crippen molar-refractivity contribution in [3.05, 3.63) is 65.3 Å². The van der Waals surface area contributed by atoms with Gasteiger partial charge in [0.1, 0.15) is 22.8 Å². The Morgan fingerprint density at radius 2 is 1.80 bits per heavy atom. The van der Waals surface area contributed by atoms with Gasteiger partial charge in [-0.15, -0.1) is 0 Å². The first kappa shape index (κ1) is 27.6. The number of anilines is 1. The van der Waals surface area contributed by atoms with Gasteiger partial charge in [0, 0.05) is 37.3 Å². The van der Waals surface area contributed by atoms with Crippen LogP contribution < -0.4 is 20.1 Å². The molecule has 0 radical (unpaired) electrons. The summed E-state index contributed by atoms with van der Waals surface area (Å²) in [6, 6.07) is 9.89. The topological polar surface area (TPSA) is 104 Å². The zero-order valence-electron chi connectivity index (χ0n) is 22.0. The number of halogens is 3. The summed E-state index contributed by atoms with van der Waals surface area (Å²) >= 11 is 6.51. The van der Waals surface area contributed by atoms with Gasteiger partial charge in [0.15, 0.2) is 12.3 Å². The van der Waals surface area contributed by atoms with Gasteiger partial charge in [0.05, 0.1) is 24.0 Å². The highest BCUT2D eigenvalue weighted by molar-refractivity contribution is 6.34. The molecule has 1 saturated heterocycles. The SMILES string of the molecule is CNC(=O)COc1ccc(-c2nc3ncc(Cl)c(NC4CCN(C(F)(F)c5ccc(OC)cc5)CC4)c3[nH]2)cc1. The molecule has 0 atom stereocenters. The molecule has 2 aromatic carbocycles. The molecule has 210 valence electrons. The fourth-order valence-electron chi connectivity index (χ4n) is 4.62. The van der Waals surface area contributed by atoms with Crippen molar-refractivity contribution >= 4 is 34.4 Å². The fourth-order valence-corrected chi connectivity index (χ4v) is 4.82. The standard InChI is InChI=1S/C28H29ClF2N6O3/c1-32-23(38)16-40-21-7-3-17(4-8-21)26-35-25-24(22(29)15-33-27(25)36-26)34-19-11-13-37(14-12-19)28(30,31)18-5-9-20(39-2)10-6-18/h3-10,15,19H,11-14,16H2,1-2H3,(H,32,38)(H2,33,34,35,36). The number of nitrogens with one attached hydrogen (secondary N) is 3. The number of benzene rings is 2. The summed E-state index contributed by atoms with van der Waals surface area (Å²) in [6.45, 7) is 0.353. The molecule has 9 nitrogen and oxygen atoms in total. The van der Waals surface area contributed by atoms with E-state index in [0.29, 0.717) is 52.0 Å². The number of carbonyl (C=O) groups is 1. The van der Waals surface area contributed by atoms with Crippen LogP contribution in [0.5, 0.6) is 11.5 Å². The molecule has 2 aromatic heterocycles. The molecule has 0 spiro atoms. The third-order valence-corrected chi connectivity index (χ3v) is 7.21. The number of methoxy groups -OCH3 is 1. The maximum absolute atomic E-state index is 15.2. The second-order valence-electron chi connectivity index (χ2n) is 9.43. The smallest absolute Gasteiger partial charge is 0.331 e. The zero-order chi connectivity index (χ0) is 28.3. The van der Waals surface area contributed by atoms with Crippen LogP contribution in [0, 0.1) is 0 Å². The second-order valence-corrected chi connectivity index (χ2v) is 9.83. The van der Waals surface area contributed by atoms with Crippen LogP contribution in [0.2, 0.25) is 5.02 Å². The first-order valence-electron chi connectivity index (χ1n) is 12.8. The van der Waals surface area contributed by atoms with Crippen LogP contribution in [-0.2, 0) is 10.8 Å². The molecular weight excluding hydrogens is 542 g/mol. The fraction of sp³-hybridized carbons (Fsp3) is 0.321.